The minimum atomic E-state index is -0.969. The molecule has 0 aromatic heterocycles. The smallest absolute Gasteiger partial charge is 0.106 e. The summed E-state index contributed by atoms with van der Waals surface area (Å²) in [6.45, 7) is 2.81. The summed E-state index contributed by atoms with van der Waals surface area (Å²) in [6.07, 6.45) is 0.651. The maximum absolute atomic E-state index is 9.56. The minimum Gasteiger partial charge on any atom is -0.390 e. The van der Waals surface area contributed by atoms with Crippen molar-refractivity contribution >= 4 is 0 Å². The summed E-state index contributed by atoms with van der Waals surface area (Å²) >= 11 is 0. The summed E-state index contributed by atoms with van der Waals surface area (Å²) < 4.78 is 0. The van der Waals surface area contributed by atoms with Crippen LogP contribution in [0.5, 0.6) is 0 Å². The van der Waals surface area contributed by atoms with Crippen LogP contribution in [0.2, 0.25) is 0 Å². The first-order valence-electron chi connectivity index (χ1n) is 5.80. The molecule has 0 aromatic rings. The molecule has 1 fully saturated rings. The van der Waals surface area contributed by atoms with Gasteiger partial charge in [-0.15, -0.1) is 0 Å². The summed E-state index contributed by atoms with van der Waals surface area (Å²) in [6, 6.07) is 0. The second-order valence-electron chi connectivity index (χ2n) is 4.76. The number of hydrogen-bond donors (Lipinski definition) is 4. The van der Waals surface area contributed by atoms with Crippen LogP contribution in [0.25, 0.3) is 0 Å². The van der Waals surface area contributed by atoms with Gasteiger partial charge in [-0.25, -0.2) is 0 Å². The van der Waals surface area contributed by atoms with E-state index in [9.17, 15) is 15.3 Å². The van der Waals surface area contributed by atoms with Crippen molar-refractivity contribution < 1.29 is 15.3 Å². The van der Waals surface area contributed by atoms with Crippen molar-refractivity contribution in [2.75, 3.05) is 6.54 Å². The van der Waals surface area contributed by atoms with Gasteiger partial charge in [0, 0.05) is 0 Å². The van der Waals surface area contributed by atoms with Gasteiger partial charge in [0.2, 0.25) is 0 Å². The Bertz CT molecular complexity index is 177. The lowest BCUT2D eigenvalue weighted by Crippen LogP contribution is -2.45. The second kappa shape index (κ2) is 5.80. The summed E-state index contributed by atoms with van der Waals surface area (Å²) in [5.74, 6) is 0.746. The van der Waals surface area contributed by atoms with Gasteiger partial charge in [-0.05, 0) is 44.1 Å². The van der Waals surface area contributed by atoms with E-state index in [2.05, 4.69) is 6.92 Å². The molecule has 4 nitrogen and oxygen atoms in total. The van der Waals surface area contributed by atoms with E-state index in [0.29, 0.717) is 31.2 Å². The summed E-state index contributed by atoms with van der Waals surface area (Å²) in [5.41, 5.74) is 5.44. The first-order chi connectivity index (χ1) is 7.06. The Labute approximate surface area is 91.1 Å². The van der Waals surface area contributed by atoms with Crippen LogP contribution in [0.4, 0.5) is 0 Å². The number of aliphatic hydroxyl groups is 3. The number of nitrogens with two attached hydrogens (primary N) is 1. The normalized spacial score (nSPS) is 39.0. The largest absolute Gasteiger partial charge is 0.390 e. The van der Waals surface area contributed by atoms with Gasteiger partial charge in [-0.2, -0.15) is 0 Å². The van der Waals surface area contributed by atoms with Crippen LogP contribution in [-0.2, 0) is 0 Å². The highest BCUT2D eigenvalue weighted by molar-refractivity contribution is 4.87. The van der Waals surface area contributed by atoms with Crippen molar-refractivity contribution in [3.8, 4) is 0 Å². The quantitative estimate of drug-likeness (QED) is 0.527. The van der Waals surface area contributed by atoms with Crippen molar-refractivity contribution in [2.24, 2.45) is 17.6 Å². The molecule has 0 spiro atoms. The highest BCUT2D eigenvalue weighted by Crippen LogP contribution is 2.32. The zero-order chi connectivity index (χ0) is 11.4. The zero-order valence-corrected chi connectivity index (χ0v) is 9.34. The third kappa shape index (κ3) is 3.41. The lowest BCUT2D eigenvalue weighted by Gasteiger charge is -2.37. The summed E-state index contributed by atoms with van der Waals surface area (Å²) in [5, 5.41) is 28.5. The number of rotatable bonds is 4. The molecule has 3 atom stereocenters. The molecule has 90 valence electrons. The number of aliphatic hydroxyl groups excluding tert-OH is 3. The lowest BCUT2D eigenvalue weighted by molar-refractivity contribution is -0.106. The molecule has 0 saturated heterocycles. The van der Waals surface area contributed by atoms with Gasteiger partial charge >= 0.3 is 0 Å². The third-order valence-electron chi connectivity index (χ3n) is 3.55. The molecular weight excluding hydrogens is 194 g/mol. The van der Waals surface area contributed by atoms with Crippen molar-refractivity contribution in [1.82, 2.24) is 0 Å². The molecule has 1 aliphatic carbocycles. The van der Waals surface area contributed by atoms with Crippen molar-refractivity contribution in [2.45, 2.75) is 50.9 Å². The maximum atomic E-state index is 9.56. The molecule has 0 heterocycles. The SMILES string of the molecule is C[C@@H](CCCN)C1CC(O)C(O)C(O)C1. The molecule has 0 aromatic carbocycles. The molecule has 5 N–H and O–H groups in total. The molecule has 4 heteroatoms. The molecule has 1 rings (SSSR count). The van der Waals surface area contributed by atoms with Gasteiger partial charge in [-0.1, -0.05) is 6.92 Å². The average Bonchev–Trinajstić information content (AvgIpc) is 2.21. The van der Waals surface area contributed by atoms with Crippen molar-refractivity contribution in [3.63, 3.8) is 0 Å². The van der Waals surface area contributed by atoms with E-state index in [0.717, 1.165) is 12.8 Å². The molecule has 15 heavy (non-hydrogen) atoms. The Morgan fingerprint density at radius 2 is 1.73 bits per heavy atom. The highest BCUT2D eigenvalue weighted by atomic mass is 16.4. The monoisotopic (exact) mass is 217 g/mol. The van der Waals surface area contributed by atoms with E-state index in [4.69, 9.17) is 5.73 Å². The van der Waals surface area contributed by atoms with E-state index >= 15 is 0 Å². The molecule has 0 amide bonds. The Hall–Kier alpha value is -0.160. The Balaban J connectivity index is 2.42. The van der Waals surface area contributed by atoms with Crippen LogP contribution in [0.3, 0.4) is 0 Å². The van der Waals surface area contributed by atoms with E-state index < -0.39 is 18.3 Å². The fraction of sp³-hybridized carbons (Fsp3) is 1.00. The van der Waals surface area contributed by atoms with E-state index in [-0.39, 0.29) is 0 Å². The minimum absolute atomic E-state index is 0.296. The maximum Gasteiger partial charge on any atom is 0.106 e. The van der Waals surface area contributed by atoms with Crippen LogP contribution < -0.4 is 5.73 Å². The first-order valence-corrected chi connectivity index (χ1v) is 5.80. The Morgan fingerprint density at radius 3 is 2.20 bits per heavy atom. The molecule has 1 saturated carbocycles. The molecule has 0 aliphatic heterocycles. The third-order valence-corrected chi connectivity index (χ3v) is 3.55. The molecule has 0 bridgehead atoms. The molecule has 0 radical (unpaired) electrons. The van der Waals surface area contributed by atoms with E-state index in [1.807, 2.05) is 0 Å². The van der Waals surface area contributed by atoms with Crippen molar-refractivity contribution in [1.29, 1.82) is 0 Å². The van der Waals surface area contributed by atoms with Crippen LogP contribution in [0.15, 0.2) is 0 Å². The van der Waals surface area contributed by atoms with Gasteiger partial charge in [0.05, 0.1) is 12.2 Å². The summed E-state index contributed by atoms with van der Waals surface area (Å²) in [7, 11) is 0. The number of hydrogen-bond acceptors (Lipinski definition) is 4. The Morgan fingerprint density at radius 1 is 1.20 bits per heavy atom. The van der Waals surface area contributed by atoms with Crippen LogP contribution >= 0.6 is 0 Å². The highest BCUT2D eigenvalue weighted by Gasteiger charge is 2.36. The molecule has 1 aliphatic rings. The Kier molecular flexibility index (Phi) is 4.99. The van der Waals surface area contributed by atoms with Gasteiger partial charge in [0.1, 0.15) is 6.10 Å². The second-order valence-corrected chi connectivity index (χ2v) is 4.76. The predicted molar refractivity (Wildman–Crippen MR) is 58.2 cm³/mol. The van der Waals surface area contributed by atoms with Gasteiger partial charge in [0.15, 0.2) is 0 Å². The standard InChI is InChI=1S/C11H23NO3/c1-7(3-2-4-12)8-5-9(13)11(15)10(14)6-8/h7-11,13-15H,2-6,12H2,1H3/t7-,8?,9?,10?,11?/m0/s1. The van der Waals surface area contributed by atoms with E-state index in [1.165, 1.54) is 0 Å². The average molecular weight is 217 g/mol. The fourth-order valence-corrected chi connectivity index (χ4v) is 2.39. The fourth-order valence-electron chi connectivity index (χ4n) is 2.39. The predicted octanol–water partition coefficient (Wildman–Crippen LogP) is -0.146. The molecular formula is C11H23NO3. The lowest BCUT2D eigenvalue weighted by atomic mass is 9.75. The summed E-state index contributed by atoms with van der Waals surface area (Å²) in [4.78, 5) is 0. The van der Waals surface area contributed by atoms with Gasteiger partial charge in [-0.3, -0.25) is 0 Å². The topological polar surface area (TPSA) is 86.7 Å². The zero-order valence-electron chi connectivity index (χ0n) is 9.34. The van der Waals surface area contributed by atoms with Crippen molar-refractivity contribution in [3.05, 3.63) is 0 Å². The van der Waals surface area contributed by atoms with E-state index in [1.54, 1.807) is 0 Å². The van der Waals surface area contributed by atoms with Crippen LogP contribution in [-0.4, -0.2) is 40.2 Å². The van der Waals surface area contributed by atoms with Gasteiger partial charge < -0.3 is 21.1 Å². The van der Waals surface area contributed by atoms with Crippen LogP contribution in [0, 0.1) is 11.8 Å². The first kappa shape index (κ1) is 12.9. The van der Waals surface area contributed by atoms with Gasteiger partial charge in [0.25, 0.3) is 0 Å². The van der Waals surface area contributed by atoms with Crippen LogP contribution in [0.1, 0.15) is 32.6 Å². The molecule has 2 unspecified atom stereocenters.